The van der Waals surface area contributed by atoms with Crippen molar-refractivity contribution < 1.29 is 19.2 Å². The minimum atomic E-state index is -0.500. The summed E-state index contributed by atoms with van der Waals surface area (Å²) >= 11 is 1.22. The number of rotatable bonds is 6. The average molecular weight is 438 g/mol. The molecule has 10 heteroatoms. The molecule has 3 aromatic rings. The Hall–Kier alpha value is -3.79. The fraction of sp³-hybridized carbons (Fsp3) is 0.190. The Kier molecular flexibility index (Phi) is 5.63. The van der Waals surface area contributed by atoms with Crippen molar-refractivity contribution in [3.63, 3.8) is 0 Å². The normalized spacial score (nSPS) is 15.7. The second kappa shape index (κ2) is 8.52. The molecule has 0 spiro atoms. The third kappa shape index (κ3) is 4.38. The number of nitrogens with one attached hydrogen (secondary N) is 1. The number of benzene rings is 2. The van der Waals surface area contributed by atoms with Gasteiger partial charge in [0.1, 0.15) is 5.75 Å². The molecule has 1 aromatic heterocycles. The first-order chi connectivity index (χ1) is 14.9. The Morgan fingerprint density at radius 2 is 2.06 bits per heavy atom. The van der Waals surface area contributed by atoms with Gasteiger partial charge in [-0.15, -0.1) is 11.3 Å². The van der Waals surface area contributed by atoms with Gasteiger partial charge in [0, 0.05) is 41.7 Å². The SMILES string of the molecule is COc1ccc(N2CC(C(=O)Nc3nc(-c4cccc([N+](=O)[O-])c4)cs3)CC2=O)cc1. The number of amides is 2. The molecule has 2 heterocycles. The van der Waals surface area contributed by atoms with Crippen LogP contribution in [-0.2, 0) is 9.59 Å². The zero-order valence-corrected chi connectivity index (χ0v) is 17.3. The molecule has 1 fully saturated rings. The quantitative estimate of drug-likeness (QED) is 0.463. The van der Waals surface area contributed by atoms with Crippen molar-refractivity contribution >= 4 is 39.7 Å². The maximum Gasteiger partial charge on any atom is 0.270 e. The second-order valence-corrected chi connectivity index (χ2v) is 7.80. The van der Waals surface area contributed by atoms with Gasteiger partial charge in [0.05, 0.1) is 23.6 Å². The summed E-state index contributed by atoms with van der Waals surface area (Å²) in [6.45, 7) is 0.278. The number of methoxy groups -OCH3 is 1. The zero-order valence-electron chi connectivity index (χ0n) is 16.5. The van der Waals surface area contributed by atoms with Crippen LogP contribution in [0.3, 0.4) is 0 Å². The number of non-ortho nitro benzene ring substituents is 1. The molecule has 4 rings (SSSR count). The van der Waals surface area contributed by atoms with Gasteiger partial charge in [-0.05, 0) is 24.3 Å². The van der Waals surface area contributed by atoms with Gasteiger partial charge in [-0.2, -0.15) is 0 Å². The number of nitro groups is 1. The van der Waals surface area contributed by atoms with Crippen molar-refractivity contribution in [1.29, 1.82) is 0 Å². The Labute approximate surface area is 181 Å². The predicted octanol–water partition coefficient (Wildman–Crippen LogP) is 3.72. The van der Waals surface area contributed by atoms with E-state index in [0.29, 0.717) is 27.8 Å². The van der Waals surface area contributed by atoms with Crippen LogP contribution in [0.1, 0.15) is 6.42 Å². The number of hydrogen-bond donors (Lipinski definition) is 1. The molecule has 0 saturated carbocycles. The minimum absolute atomic E-state index is 0.0285. The fourth-order valence-corrected chi connectivity index (χ4v) is 4.07. The Morgan fingerprint density at radius 1 is 1.29 bits per heavy atom. The average Bonchev–Trinajstić information content (AvgIpc) is 3.40. The third-order valence-electron chi connectivity index (χ3n) is 4.97. The van der Waals surface area contributed by atoms with Crippen LogP contribution in [0.2, 0.25) is 0 Å². The van der Waals surface area contributed by atoms with E-state index in [-0.39, 0.29) is 30.5 Å². The van der Waals surface area contributed by atoms with Crippen molar-refractivity contribution in [3.05, 3.63) is 64.0 Å². The van der Waals surface area contributed by atoms with Crippen molar-refractivity contribution in [2.45, 2.75) is 6.42 Å². The molecule has 158 valence electrons. The fourth-order valence-electron chi connectivity index (χ4n) is 3.34. The van der Waals surface area contributed by atoms with Gasteiger partial charge in [-0.3, -0.25) is 19.7 Å². The number of hydrogen-bond acceptors (Lipinski definition) is 7. The van der Waals surface area contributed by atoms with Crippen LogP contribution in [0.5, 0.6) is 5.75 Å². The van der Waals surface area contributed by atoms with Crippen molar-refractivity contribution in [2.24, 2.45) is 5.92 Å². The first-order valence-electron chi connectivity index (χ1n) is 9.40. The topological polar surface area (TPSA) is 115 Å². The molecule has 1 N–H and O–H groups in total. The molecule has 1 atom stereocenters. The van der Waals surface area contributed by atoms with E-state index < -0.39 is 10.8 Å². The van der Waals surface area contributed by atoms with E-state index in [2.05, 4.69) is 10.3 Å². The summed E-state index contributed by atoms with van der Waals surface area (Å²) in [5.41, 5.74) is 1.81. The van der Waals surface area contributed by atoms with Crippen LogP contribution in [0.25, 0.3) is 11.3 Å². The van der Waals surface area contributed by atoms with Crippen LogP contribution < -0.4 is 15.0 Å². The minimum Gasteiger partial charge on any atom is -0.497 e. The summed E-state index contributed by atoms with van der Waals surface area (Å²) in [7, 11) is 1.57. The van der Waals surface area contributed by atoms with Crippen LogP contribution >= 0.6 is 11.3 Å². The first kappa shape index (κ1) is 20.5. The monoisotopic (exact) mass is 438 g/mol. The van der Waals surface area contributed by atoms with Crippen molar-refractivity contribution in [1.82, 2.24) is 4.98 Å². The van der Waals surface area contributed by atoms with E-state index in [1.165, 1.54) is 23.5 Å². The summed E-state index contributed by atoms with van der Waals surface area (Å²) < 4.78 is 5.13. The van der Waals surface area contributed by atoms with Crippen molar-refractivity contribution in [3.8, 4) is 17.0 Å². The standard InChI is InChI=1S/C21H18N4O5S/c1-30-17-7-5-15(6-8-17)24-11-14(10-19(24)26)20(27)23-21-22-18(12-31-21)13-3-2-4-16(9-13)25(28)29/h2-9,12,14H,10-11H2,1H3,(H,22,23,27). The number of carbonyl (C=O) groups excluding carboxylic acids is 2. The van der Waals surface area contributed by atoms with Gasteiger partial charge in [-0.1, -0.05) is 12.1 Å². The highest BCUT2D eigenvalue weighted by molar-refractivity contribution is 7.14. The number of carbonyl (C=O) groups is 2. The Bertz CT molecular complexity index is 1140. The summed E-state index contributed by atoms with van der Waals surface area (Å²) in [6.07, 6.45) is 0.112. The van der Waals surface area contributed by atoms with Crippen molar-refractivity contribution in [2.75, 3.05) is 23.9 Å². The largest absolute Gasteiger partial charge is 0.497 e. The Morgan fingerprint density at radius 3 is 2.77 bits per heavy atom. The van der Waals surface area contributed by atoms with E-state index >= 15 is 0 Å². The van der Waals surface area contributed by atoms with Crippen LogP contribution in [-0.4, -0.2) is 35.4 Å². The molecule has 9 nitrogen and oxygen atoms in total. The van der Waals surface area contributed by atoms with E-state index in [0.717, 1.165) is 0 Å². The molecule has 0 aliphatic carbocycles. The summed E-state index contributed by atoms with van der Waals surface area (Å²) in [4.78, 5) is 41.6. The predicted molar refractivity (Wildman–Crippen MR) is 116 cm³/mol. The van der Waals surface area contributed by atoms with Crippen LogP contribution in [0.15, 0.2) is 53.9 Å². The van der Waals surface area contributed by atoms with Gasteiger partial charge in [0.2, 0.25) is 11.8 Å². The number of nitrogens with zero attached hydrogens (tertiary/aromatic N) is 3. The summed E-state index contributed by atoms with van der Waals surface area (Å²) in [5.74, 6) is -0.223. The molecule has 1 aliphatic rings. The highest BCUT2D eigenvalue weighted by Gasteiger charge is 2.35. The molecule has 2 amide bonds. The molecule has 1 aliphatic heterocycles. The lowest BCUT2D eigenvalue weighted by Crippen LogP contribution is -2.28. The molecule has 2 aromatic carbocycles. The highest BCUT2D eigenvalue weighted by Crippen LogP contribution is 2.30. The number of anilines is 2. The number of thiazole rings is 1. The number of ether oxygens (including phenoxy) is 1. The van der Waals surface area contributed by atoms with E-state index in [9.17, 15) is 19.7 Å². The van der Waals surface area contributed by atoms with E-state index in [4.69, 9.17) is 4.74 Å². The lowest BCUT2D eigenvalue weighted by Gasteiger charge is -2.16. The lowest BCUT2D eigenvalue weighted by atomic mass is 10.1. The third-order valence-corrected chi connectivity index (χ3v) is 5.72. The maximum atomic E-state index is 12.7. The smallest absolute Gasteiger partial charge is 0.270 e. The van der Waals surface area contributed by atoms with Crippen LogP contribution in [0.4, 0.5) is 16.5 Å². The maximum absolute atomic E-state index is 12.7. The summed E-state index contributed by atoms with van der Waals surface area (Å²) in [5, 5.41) is 15.8. The van der Waals surface area contributed by atoms with Crippen LogP contribution in [0, 0.1) is 16.0 Å². The molecule has 0 radical (unpaired) electrons. The van der Waals surface area contributed by atoms with Gasteiger partial charge in [0.25, 0.3) is 5.69 Å². The van der Waals surface area contributed by atoms with Gasteiger partial charge in [-0.25, -0.2) is 4.98 Å². The van der Waals surface area contributed by atoms with E-state index in [1.807, 2.05) is 0 Å². The van der Waals surface area contributed by atoms with Gasteiger partial charge in [0.15, 0.2) is 5.13 Å². The second-order valence-electron chi connectivity index (χ2n) is 6.94. The lowest BCUT2D eigenvalue weighted by molar-refractivity contribution is -0.384. The molecule has 0 bridgehead atoms. The molecular formula is C21H18N4O5S. The molecular weight excluding hydrogens is 420 g/mol. The van der Waals surface area contributed by atoms with Gasteiger partial charge >= 0.3 is 0 Å². The zero-order chi connectivity index (χ0) is 22.0. The first-order valence-corrected chi connectivity index (χ1v) is 10.3. The number of aromatic nitrogens is 1. The molecule has 31 heavy (non-hydrogen) atoms. The van der Waals surface area contributed by atoms with E-state index in [1.54, 1.807) is 53.8 Å². The Balaban J connectivity index is 1.42. The highest BCUT2D eigenvalue weighted by atomic mass is 32.1. The molecule has 1 saturated heterocycles. The van der Waals surface area contributed by atoms with Gasteiger partial charge < -0.3 is 15.0 Å². The number of nitro benzene ring substituents is 1. The molecule has 1 unspecified atom stereocenters. The summed E-state index contributed by atoms with van der Waals surface area (Å²) in [6, 6.07) is 13.2.